The molecule has 0 aromatic heterocycles. The van der Waals surface area contributed by atoms with Crippen LogP contribution in [0.15, 0.2) is 48.5 Å². The number of carboxylic acid groups (broad SMARTS) is 1. The summed E-state index contributed by atoms with van der Waals surface area (Å²) in [6, 6.07) is 16.1. The van der Waals surface area contributed by atoms with Gasteiger partial charge in [-0.15, -0.1) is 0 Å². The van der Waals surface area contributed by atoms with Gasteiger partial charge < -0.3 is 25.2 Å². The van der Waals surface area contributed by atoms with E-state index in [9.17, 15) is 9.59 Å². The summed E-state index contributed by atoms with van der Waals surface area (Å²) in [5.41, 5.74) is 2.48. The molecular formula is C35H62N2O7Y. The van der Waals surface area contributed by atoms with Gasteiger partial charge in [0.15, 0.2) is 0 Å². The average molecular weight is 712 g/mol. The molecule has 2 aromatic carbocycles. The predicted molar refractivity (Wildman–Crippen MR) is 183 cm³/mol. The molecule has 2 aromatic rings. The monoisotopic (exact) mass is 711 g/mol. The molecule has 0 aliphatic heterocycles. The second-order valence-corrected chi connectivity index (χ2v) is 9.63. The van der Waals surface area contributed by atoms with E-state index in [0.29, 0.717) is 6.47 Å². The van der Waals surface area contributed by atoms with Gasteiger partial charge in [-0.1, -0.05) is 84.4 Å². The minimum atomic E-state index is -0.833. The number of amides is 2. The molecule has 2 amide bonds. The number of carboxylic acids is 1. The molecule has 0 unspecified atom stereocenters. The summed E-state index contributed by atoms with van der Waals surface area (Å²) in [7, 11) is 4.51. The maximum absolute atomic E-state index is 9.70. The van der Waals surface area contributed by atoms with Crippen molar-refractivity contribution < 1.29 is 66.5 Å². The number of ether oxygens (including phenoxy) is 2. The van der Waals surface area contributed by atoms with Gasteiger partial charge in [-0.2, -0.15) is 0 Å². The fourth-order valence-electron chi connectivity index (χ4n) is 3.12. The van der Waals surface area contributed by atoms with Crippen molar-refractivity contribution in [1.29, 1.82) is 0 Å². The van der Waals surface area contributed by atoms with Crippen LogP contribution in [0.5, 0.6) is 11.5 Å². The van der Waals surface area contributed by atoms with Crippen molar-refractivity contribution in [3.63, 3.8) is 0 Å². The van der Waals surface area contributed by atoms with E-state index in [-0.39, 0.29) is 52.0 Å². The Morgan fingerprint density at radius 2 is 0.867 bits per heavy atom. The van der Waals surface area contributed by atoms with E-state index < -0.39 is 5.97 Å². The Morgan fingerprint density at radius 3 is 1.00 bits per heavy atom. The molecular weight excluding hydrogens is 649 g/mol. The van der Waals surface area contributed by atoms with Crippen molar-refractivity contribution >= 4 is 24.3 Å². The quantitative estimate of drug-likeness (QED) is 0.279. The molecule has 1 aliphatic rings. The Bertz CT molecular complexity index is 891. The summed E-state index contributed by atoms with van der Waals surface area (Å²) in [6.45, 7) is 22.0. The van der Waals surface area contributed by atoms with Crippen LogP contribution in [0.25, 0.3) is 0 Å². The topological polar surface area (TPSA) is 131 Å². The van der Waals surface area contributed by atoms with Gasteiger partial charge in [0.05, 0.1) is 7.11 Å². The normalized spacial score (nSPS) is 15.9. The third-order valence-corrected chi connectivity index (χ3v) is 6.40. The summed E-state index contributed by atoms with van der Waals surface area (Å²) in [5, 5.41) is 12.2. The fourth-order valence-corrected chi connectivity index (χ4v) is 3.12. The second kappa shape index (κ2) is 35.7. The summed E-state index contributed by atoms with van der Waals surface area (Å²) in [5.74, 6) is 4.84. The standard InChI is InChI=1S/C14H14O.C8H16.2C3H7NO.2C2H4O2.C2H6.CH4.Y/c1-11-3-7-13(8-4-11)15-14-9-5-12(2)6-10-14;1-5-6(2)8(4)7(5)3;2*1-3(5)4-2;1-4-2-3;1-2(3)4;1-2;;/h3-10H,1-2H3;5-8H,1-4H3;2*1-2H3,(H,4,5);2H,1H3;1H3,(H,3,4);1-2H3;1H4;. The molecule has 45 heavy (non-hydrogen) atoms. The molecule has 1 saturated carbocycles. The third-order valence-electron chi connectivity index (χ3n) is 6.40. The molecule has 3 rings (SSSR count). The first-order valence-electron chi connectivity index (χ1n) is 14.4. The van der Waals surface area contributed by atoms with Gasteiger partial charge in [-0.3, -0.25) is 19.2 Å². The van der Waals surface area contributed by atoms with Crippen LogP contribution in [0.4, 0.5) is 0 Å². The molecule has 257 valence electrons. The Kier molecular flexibility index (Phi) is 43.4. The van der Waals surface area contributed by atoms with Crippen molar-refractivity contribution in [3.8, 4) is 11.5 Å². The van der Waals surface area contributed by atoms with Gasteiger partial charge in [0.25, 0.3) is 12.4 Å². The Labute approximate surface area is 299 Å². The first-order chi connectivity index (χ1) is 20.1. The summed E-state index contributed by atoms with van der Waals surface area (Å²) in [6.07, 6.45) is 0. The predicted octanol–water partition coefficient (Wildman–Crippen LogP) is 7.68. The first-order valence-corrected chi connectivity index (χ1v) is 14.4. The van der Waals surface area contributed by atoms with Crippen LogP contribution in [0.1, 0.15) is 80.9 Å². The molecule has 1 fully saturated rings. The van der Waals surface area contributed by atoms with E-state index in [1.165, 1.54) is 32.1 Å². The van der Waals surface area contributed by atoms with E-state index in [4.69, 9.17) is 19.4 Å². The third kappa shape index (κ3) is 35.6. The van der Waals surface area contributed by atoms with Gasteiger partial charge >= 0.3 is 0 Å². The Morgan fingerprint density at radius 1 is 0.689 bits per heavy atom. The molecule has 0 spiro atoms. The number of hydrogen-bond donors (Lipinski definition) is 3. The van der Waals surface area contributed by atoms with Crippen molar-refractivity contribution in [2.75, 3.05) is 21.2 Å². The van der Waals surface area contributed by atoms with Crippen molar-refractivity contribution in [2.24, 2.45) is 23.7 Å². The van der Waals surface area contributed by atoms with Crippen LogP contribution >= 0.6 is 0 Å². The SMILES string of the molecule is C.CC.CC(=O)O.CC1C(C)C(C)C1C.CNC(C)=O.CNC(C)=O.COC=O.Cc1ccc(Oc2ccc(C)cc2)cc1.[Y]. The number of rotatable bonds is 3. The van der Waals surface area contributed by atoms with E-state index in [1.807, 2.05) is 62.4 Å². The van der Waals surface area contributed by atoms with Gasteiger partial charge in [0.1, 0.15) is 11.5 Å². The minimum Gasteiger partial charge on any atom is -0.481 e. The van der Waals surface area contributed by atoms with Gasteiger partial charge in [0.2, 0.25) is 11.8 Å². The molecule has 10 heteroatoms. The number of carbonyl (C=O) groups excluding carboxylic acids is 3. The fraction of sp³-hybridized carbons (Fsp3) is 0.543. The van der Waals surface area contributed by atoms with Crippen LogP contribution in [-0.2, 0) is 56.6 Å². The minimum absolute atomic E-state index is 0. The number of methoxy groups -OCH3 is 1. The van der Waals surface area contributed by atoms with Gasteiger partial charge in [0, 0.05) is 67.6 Å². The molecule has 1 aliphatic carbocycles. The summed E-state index contributed by atoms with van der Waals surface area (Å²) in [4.78, 5) is 37.4. The molecule has 0 bridgehead atoms. The average Bonchev–Trinajstić information content (AvgIpc) is 3.00. The van der Waals surface area contributed by atoms with Crippen molar-refractivity contribution in [3.05, 3.63) is 59.7 Å². The molecule has 0 saturated heterocycles. The number of benzene rings is 2. The Balaban J connectivity index is -0.000000109. The number of nitrogens with one attached hydrogen (secondary N) is 2. The molecule has 9 nitrogen and oxygen atoms in total. The maximum Gasteiger partial charge on any atom is 0.300 e. The van der Waals surface area contributed by atoms with E-state index in [0.717, 1.165) is 42.1 Å². The zero-order valence-electron chi connectivity index (χ0n) is 29.5. The smallest absolute Gasteiger partial charge is 0.300 e. The zero-order chi connectivity index (χ0) is 34.5. The number of aliphatic carboxylic acids is 1. The molecule has 0 atom stereocenters. The summed E-state index contributed by atoms with van der Waals surface area (Å²) >= 11 is 0. The van der Waals surface area contributed by atoms with Gasteiger partial charge in [-0.05, 0) is 61.8 Å². The zero-order valence-corrected chi connectivity index (χ0v) is 32.3. The second-order valence-electron chi connectivity index (χ2n) is 9.63. The van der Waals surface area contributed by atoms with E-state index in [1.54, 1.807) is 14.1 Å². The van der Waals surface area contributed by atoms with Crippen LogP contribution in [0.2, 0.25) is 0 Å². The molecule has 3 N–H and O–H groups in total. The molecule has 0 heterocycles. The van der Waals surface area contributed by atoms with Crippen molar-refractivity contribution in [2.45, 2.75) is 83.6 Å². The number of hydrogen-bond acceptors (Lipinski definition) is 6. The van der Waals surface area contributed by atoms with E-state index >= 15 is 0 Å². The largest absolute Gasteiger partial charge is 0.481 e. The first kappa shape index (κ1) is 54.7. The van der Waals surface area contributed by atoms with Crippen LogP contribution in [0.3, 0.4) is 0 Å². The van der Waals surface area contributed by atoms with E-state index in [2.05, 4.69) is 56.9 Å². The number of carbonyl (C=O) groups is 4. The summed E-state index contributed by atoms with van der Waals surface area (Å²) < 4.78 is 9.55. The van der Waals surface area contributed by atoms with Crippen molar-refractivity contribution in [1.82, 2.24) is 10.6 Å². The molecule has 1 radical (unpaired) electrons. The number of aryl methyl sites for hydroxylation is 2. The van der Waals surface area contributed by atoms with Crippen LogP contribution < -0.4 is 15.4 Å². The van der Waals surface area contributed by atoms with Crippen LogP contribution in [0, 0.1) is 37.5 Å². The van der Waals surface area contributed by atoms with Crippen LogP contribution in [-0.4, -0.2) is 50.6 Å². The maximum atomic E-state index is 9.70. The van der Waals surface area contributed by atoms with Gasteiger partial charge in [-0.25, -0.2) is 0 Å². The Hall–Kier alpha value is -2.78.